The summed E-state index contributed by atoms with van der Waals surface area (Å²) in [6, 6.07) is 0. The van der Waals surface area contributed by atoms with Gasteiger partial charge in [-0.25, -0.2) is 0 Å². The number of alkyl halides is 1. The van der Waals surface area contributed by atoms with Gasteiger partial charge in [0.05, 0.1) is 0 Å². The maximum absolute atomic E-state index is 7.31. The fourth-order valence-electron chi connectivity index (χ4n) is 1.50. The van der Waals surface area contributed by atoms with Gasteiger partial charge in [-0.05, 0) is 6.42 Å². The zero-order chi connectivity index (χ0) is 11.6. The molecule has 0 spiro atoms. The van der Waals surface area contributed by atoms with E-state index in [1.54, 1.807) is 0 Å². The average molecular weight is 251 g/mol. The molecule has 0 aliphatic heterocycles. The number of hydrogen-bond acceptors (Lipinski definition) is 0. The molecular formula is C12H25Br. The minimum atomic E-state index is -1.14. The van der Waals surface area contributed by atoms with Crippen molar-refractivity contribution >= 4 is 15.9 Å². The van der Waals surface area contributed by atoms with E-state index in [9.17, 15) is 0 Å². The molecular weight excluding hydrogens is 224 g/mol. The van der Waals surface area contributed by atoms with E-state index in [1.807, 2.05) is 0 Å². The molecule has 0 heterocycles. The molecule has 0 aromatic rings. The van der Waals surface area contributed by atoms with Gasteiger partial charge in [0.25, 0.3) is 0 Å². The van der Waals surface area contributed by atoms with Crippen molar-refractivity contribution in [1.29, 1.82) is 0 Å². The normalized spacial score (nSPS) is 14.0. The summed E-state index contributed by atoms with van der Waals surface area (Å²) < 4.78 is 14.6. The average Bonchev–Trinajstić information content (AvgIpc) is 2.14. The Morgan fingerprint density at radius 1 is 0.769 bits per heavy atom. The van der Waals surface area contributed by atoms with Gasteiger partial charge in [-0.15, -0.1) is 0 Å². The third kappa shape index (κ3) is 12.5. The smallest absolute Gasteiger partial charge is 0.0387 e. The minimum absolute atomic E-state index is 0.642. The zero-order valence-corrected chi connectivity index (χ0v) is 10.5. The summed E-state index contributed by atoms with van der Waals surface area (Å²) in [5.41, 5.74) is 0. The molecule has 0 rings (SSSR count). The van der Waals surface area contributed by atoms with Crippen LogP contribution in [0.15, 0.2) is 0 Å². The van der Waals surface area contributed by atoms with Crippen LogP contribution >= 0.6 is 15.9 Å². The molecule has 0 radical (unpaired) electrons. The Hall–Kier alpha value is 0.480. The number of unbranched alkanes of at least 4 members (excludes halogenated alkanes) is 8. The van der Waals surface area contributed by atoms with Gasteiger partial charge in [0.15, 0.2) is 0 Å². The Bertz CT molecular complexity index is 132. The van der Waals surface area contributed by atoms with E-state index < -0.39 is 5.28 Å². The van der Waals surface area contributed by atoms with Crippen molar-refractivity contribution in [3.8, 4) is 0 Å². The van der Waals surface area contributed by atoms with E-state index in [-0.39, 0.29) is 0 Å². The Balaban J connectivity index is 2.99. The maximum Gasteiger partial charge on any atom is 0.0387 e. The zero-order valence-electron chi connectivity index (χ0n) is 10.9. The highest BCUT2D eigenvalue weighted by molar-refractivity contribution is 9.09. The van der Waals surface area contributed by atoms with E-state index >= 15 is 0 Å². The Morgan fingerprint density at radius 3 is 1.54 bits per heavy atom. The predicted octanol–water partition coefficient (Wildman–Crippen LogP) is 5.30. The Kier molecular flexibility index (Phi) is 9.61. The molecule has 0 N–H and O–H groups in total. The third-order valence-corrected chi connectivity index (χ3v) is 2.77. The van der Waals surface area contributed by atoms with Crippen molar-refractivity contribution in [1.82, 2.24) is 0 Å². The van der Waals surface area contributed by atoms with Crippen LogP contribution in [0.2, 0.25) is 0 Å². The van der Waals surface area contributed by atoms with Crippen molar-refractivity contribution < 1.29 is 2.74 Å². The van der Waals surface area contributed by atoms with Crippen LogP contribution in [0.25, 0.3) is 0 Å². The van der Waals surface area contributed by atoms with Crippen LogP contribution in [0.3, 0.4) is 0 Å². The highest BCUT2D eigenvalue weighted by atomic mass is 79.9. The van der Waals surface area contributed by atoms with Gasteiger partial charge in [-0.1, -0.05) is 80.6 Å². The van der Waals surface area contributed by atoms with Crippen molar-refractivity contribution in [2.75, 3.05) is 5.28 Å². The fourth-order valence-corrected chi connectivity index (χ4v) is 1.78. The maximum atomic E-state index is 7.31. The molecule has 0 amide bonds. The molecule has 0 saturated carbocycles. The lowest BCUT2D eigenvalue weighted by Gasteiger charge is -2.00. The van der Waals surface area contributed by atoms with E-state index in [0.717, 1.165) is 6.42 Å². The number of hydrogen-bond donors (Lipinski definition) is 0. The molecule has 0 atom stereocenters. The molecule has 0 aromatic carbocycles. The van der Waals surface area contributed by atoms with Crippen molar-refractivity contribution in [2.45, 2.75) is 71.1 Å². The summed E-state index contributed by atoms with van der Waals surface area (Å²) >= 11 is 3.02. The van der Waals surface area contributed by atoms with Crippen molar-refractivity contribution in [3.05, 3.63) is 0 Å². The minimum Gasteiger partial charge on any atom is -0.0928 e. The summed E-state index contributed by atoms with van der Waals surface area (Å²) in [6.07, 6.45) is 12.3. The lowest BCUT2D eigenvalue weighted by Crippen LogP contribution is -1.81. The van der Waals surface area contributed by atoms with Crippen LogP contribution in [-0.4, -0.2) is 5.28 Å². The second kappa shape index (κ2) is 12.5. The van der Waals surface area contributed by atoms with Crippen LogP contribution < -0.4 is 0 Å². The fraction of sp³-hybridized carbons (Fsp3) is 1.00. The van der Waals surface area contributed by atoms with E-state index in [4.69, 9.17) is 2.74 Å². The largest absolute Gasteiger partial charge is 0.0928 e. The molecule has 0 bridgehead atoms. The second-order valence-electron chi connectivity index (χ2n) is 3.71. The topological polar surface area (TPSA) is 0 Å². The van der Waals surface area contributed by atoms with E-state index in [1.165, 1.54) is 51.4 Å². The van der Waals surface area contributed by atoms with Crippen molar-refractivity contribution in [3.63, 3.8) is 0 Å². The third-order valence-electron chi connectivity index (χ3n) is 2.37. The predicted molar refractivity (Wildman–Crippen MR) is 65.6 cm³/mol. The van der Waals surface area contributed by atoms with Crippen LogP contribution in [0.5, 0.6) is 0 Å². The van der Waals surface area contributed by atoms with Gasteiger partial charge in [0.2, 0.25) is 0 Å². The highest BCUT2D eigenvalue weighted by Crippen LogP contribution is 2.10. The Labute approximate surface area is 95.4 Å². The van der Waals surface area contributed by atoms with Gasteiger partial charge in [0.1, 0.15) is 0 Å². The summed E-state index contributed by atoms with van der Waals surface area (Å²) in [5.74, 6) is 0. The Morgan fingerprint density at radius 2 is 1.15 bits per heavy atom. The van der Waals surface area contributed by atoms with Gasteiger partial charge in [-0.2, -0.15) is 0 Å². The lowest BCUT2D eigenvalue weighted by atomic mass is 10.1. The molecule has 0 nitrogen and oxygen atoms in total. The number of rotatable bonds is 10. The first kappa shape index (κ1) is 10.0. The summed E-state index contributed by atoms with van der Waals surface area (Å²) in [7, 11) is 0. The summed E-state index contributed by atoms with van der Waals surface area (Å²) in [4.78, 5) is 0. The highest BCUT2D eigenvalue weighted by Gasteiger charge is 1.91. The van der Waals surface area contributed by atoms with Crippen LogP contribution in [0.4, 0.5) is 0 Å². The summed E-state index contributed by atoms with van der Waals surface area (Å²) in [5, 5.41) is -1.14. The second-order valence-corrected chi connectivity index (χ2v) is 4.27. The molecule has 0 aliphatic carbocycles. The molecule has 80 valence electrons. The van der Waals surface area contributed by atoms with Gasteiger partial charge < -0.3 is 0 Å². The van der Waals surface area contributed by atoms with Gasteiger partial charge in [-0.3, -0.25) is 0 Å². The van der Waals surface area contributed by atoms with Crippen LogP contribution in [-0.2, 0) is 0 Å². The molecule has 0 saturated heterocycles. The standard InChI is InChI=1S/C12H25Br/c1-2-3-4-5-6-7-8-9-10-11-12-13/h2-12H2,1H3/i12D2. The summed E-state index contributed by atoms with van der Waals surface area (Å²) in [6.45, 7) is 2.24. The van der Waals surface area contributed by atoms with Crippen molar-refractivity contribution in [2.24, 2.45) is 0 Å². The molecule has 1 heteroatoms. The first-order valence-corrected chi connectivity index (χ1v) is 6.54. The van der Waals surface area contributed by atoms with Gasteiger partial charge >= 0.3 is 0 Å². The van der Waals surface area contributed by atoms with E-state index in [2.05, 4.69) is 22.9 Å². The monoisotopic (exact) mass is 250 g/mol. The molecule has 0 unspecified atom stereocenters. The molecule has 13 heavy (non-hydrogen) atoms. The SMILES string of the molecule is [2H]C([2H])(Br)CCCCCCCCCCC. The van der Waals surface area contributed by atoms with E-state index in [0.29, 0.717) is 6.42 Å². The van der Waals surface area contributed by atoms with Crippen LogP contribution in [0, 0.1) is 0 Å². The number of halogens is 1. The quantitative estimate of drug-likeness (QED) is 0.365. The molecule has 0 aliphatic rings. The molecule has 0 fully saturated rings. The van der Waals surface area contributed by atoms with Gasteiger partial charge in [0, 0.05) is 8.02 Å². The van der Waals surface area contributed by atoms with Crippen LogP contribution in [0.1, 0.15) is 73.9 Å². The lowest BCUT2D eigenvalue weighted by molar-refractivity contribution is 0.563. The first-order chi connectivity index (χ1) is 7.06. The first-order valence-electron chi connectivity index (χ1n) is 6.75. The molecule has 0 aromatic heterocycles.